The van der Waals surface area contributed by atoms with Crippen molar-refractivity contribution in [3.05, 3.63) is 97.8 Å². The van der Waals surface area contributed by atoms with Gasteiger partial charge in [0.1, 0.15) is 15.7 Å². The molecule has 0 aliphatic rings. The van der Waals surface area contributed by atoms with Crippen LogP contribution in [-0.4, -0.2) is 13.0 Å². The van der Waals surface area contributed by atoms with Gasteiger partial charge in [-0.1, -0.05) is 54.1 Å². The van der Waals surface area contributed by atoms with Crippen LogP contribution < -0.4 is 21.2 Å². The molecular weight excluding hydrogens is 475 g/mol. The third-order valence-electron chi connectivity index (χ3n) is 3.64. The first-order valence-electron chi connectivity index (χ1n) is 8.13. The van der Waals surface area contributed by atoms with E-state index in [2.05, 4.69) is 36.4 Å². The Morgan fingerprint density at radius 2 is 1.48 bits per heavy atom. The summed E-state index contributed by atoms with van der Waals surface area (Å²) in [5.74, 6) is 0. The summed E-state index contributed by atoms with van der Waals surface area (Å²) in [6.07, 6.45) is 0. The largest absolute Gasteiger partial charge is 0.744 e. The fourth-order valence-corrected chi connectivity index (χ4v) is 4.98. The number of hydrogen-bond acceptors (Lipinski definition) is 4. The van der Waals surface area contributed by atoms with E-state index in [0.717, 1.165) is 14.9 Å². The van der Waals surface area contributed by atoms with Crippen LogP contribution in [0.2, 0.25) is 0 Å². The van der Waals surface area contributed by atoms with E-state index in [1.807, 2.05) is 31.2 Å². The van der Waals surface area contributed by atoms with Gasteiger partial charge < -0.3 is 8.97 Å². The fourth-order valence-electron chi connectivity index (χ4n) is 2.29. The Labute approximate surface area is 168 Å². The lowest BCUT2D eigenvalue weighted by molar-refractivity contribution is -0.616. The van der Waals surface area contributed by atoms with E-state index in [1.165, 1.54) is 21.1 Å². The second-order valence-electron chi connectivity index (χ2n) is 5.75. The molecule has 3 aromatic carbocycles. The van der Waals surface area contributed by atoms with E-state index in [1.54, 1.807) is 12.1 Å². The number of furan rings is 1. The minimum atomic E-state index is -4.27. The van der Waals surface area contributed by atoms with Gasteiger partial charge in [-0.2, -0.15) is 0 Å². The minimum Gasteiger partial charge on any atom is -0.744 e. The van der Waals surface area contributed by atoms with Crippen LogP contribution in [0.5, 0.6) is 0 Å². The Balaban J connectivity index is 0.000000168. The second-order valence-corrected chi connectivity index (χ2v) is 9.97. The summed E-state index contributed by atoms with van der Waals surface area (Å²) < 4.78 is 39.5. The maximum absolute atomic E-state index is 10.4. The maximum Gasteiger partial charge on any atom is 0.400 e. The number of para-hydroxylation sites is 1. The van der Waals surface area contributed by atoms with Crippen LogP contribution in [0.1, 0.15) is 5.56 Å². The summed E-state index contributed by atoms with van der Waals surface area (Å²) in [5, 5.41) is 1.20. The zero-order valence-electron chi connectivity index (χ0n) is 14.5. The lowest BCUT2D eigenvalue weighted by Crippen LogP contribution is -3.61. The first kappa shape index (κ1) is 19.6. The zero-order chi connectivity index (χ0) is 19.3. The van der Waals surface area contributed by atoms with Gasteiger partial charge in [-0.05, 0) is 37.3 Å². The maximum atomic E-state index is 10.4. The van der Waals surface area contributed by atoms with Crippen LogP contribution in [-0.2, 0) is 10.1 Å². The lowest BCUT2D eigenvalue weighted by Gasteiger charge is -2.05. The molecule has 0 fully saturated rings. The number of fused-ring (bicyclic) bond motifs is 1. The minimum absolute atomic E-state index is 0.178. The molecule has 0 N–H and O–H groups in total. The molecule has 6 heteroatoms. The van der Waals surface area contributed by atoms with E-state index >= 15 is 0 Å². The highest BCUT2D eigenvalue weighted by Gasteiger charge is 2.20. The highest BCUT2D eigenvalue weighted by atomic mass is 127. The molecule has 4 aromatic rings. The lowest BCUT2D eigenvalue weighted by atomic mass is 10.2. The van der Waals surface area contributed by atoms with Crippen molar-refractivity contribution in [2.45, 2.75) is 11.8 Å². The third-order valence-corrected chi connectivity index (χ3v) is 6.90. The molecule has 0 saturated carbocycles. The number of benzene rings is 3. The SMILES string of the molecule is Cc1ccc(S(=O)(=O)[O-])cc1.c1ccc([I+]c2cc3ccccc3o2)cc1. The molecule has 0 radical (unpaired) electrons. The van der Waals surface area contributed by atoms with Gasteiger partial charge in [0.25, 0.3) is 0 Å². The molecule has 4 rings (SSSR count). The average molecular weight is 492 g/mol. The molecule has 1 aromatic heterocycles. The third kappa shape index (κ3) is 5.66. The Morgan fingerprint density at radius 3 is 2.11 bits per heavy atom. The molecule has 1 heterocycles. The topological polar surface area (TPSA) is 70.3 Å². The van der Waals surface area contributed by atoms with Crippen molar-refractivity contribution in [1.82, 2.24) is 0 Å². The molecule has 0 unspecified atom stereocenters. The number of rotatable bonds is 3. The Hall–Kier alpha value is -2.16. The van der Waals surface area contributed by atoms with Crippen molar-refractivity contribution in [2.75, 3.05) is 0 Å². The summed E-state index contributed by atoms with van der Waals surface area (Å²) in [5.41, 5.74) is 1.92. The summed E-state index contributed by atoms with van der Waals surface area (Å²) in [7, 11) is -4.27. The van der Waals surface area contributed by atoms with Crippen LogP contribution in [0, 0.1) is 14.3 Å². The molecule has 0 aliphatic carbocycles. The van der Waals surface area contributed by atoms with Crippen LogP contribution in [0.4, 0.5) is 0 Å². The molecule has 0 bridgehead atoms. The number of halogens is 1. The summed E-state index contributed by atoms with van der Waals surface area (Å²) in [6.45, 7) is 1.82. The summed E-state index contributed by atoms with van der Waals surface area (Å²) in [6, 6.07) is 26.7. The molecule has 0 saturated heterocycles. The number of aryl methyl sites for hydroxylation is 1. The van der Waals surface area contributed by atoms with Gasteiger partial charge in [0.05, 0.1) is 4.90 Å². The van der Waals surface area contributed by atoms with Gasteiger partial charge in [-0.3, -0.25) is 0 Å². The van der Waals surface area contributed by atoms with Crippen molar-refractivity contribution in [2.24, 2.45) is 0 Å². The molecule has 27 heavy (non-hydrogen) atoms. The van der Waals surface area contributed by atoms with Gasteiger partial charge in [0, 0.05) is 11.5 Å². The molecule has 0 amide bonds. The van der Waals surface area contributed by atoms with Gasteiger partial charge >= 0.3 is 25.0 Å². The van der Waals surface area contributed by atoms with Crippen LogP contribution in [0.15, 0.2) is 94.2 Å². The van der Waals surface area contributed by atoms with E-state index in [4.69, 9.17) is 4.42 Å². The van der Waals surface area contributed by atoms with Crippen molar-refractivity contribution in [1.29, 1.82) is 0 Å². The highest BCUT2D eigenvalue weighted by Crippen LogP contribution is 2.13. The van der Waals surface area contributed by atoms with Crippen molar-refractivity contribution >= 4 is 21.1 Å². The zero-order valence-corrected chi connectivity index (χ0v) is 17.5. The van der Waals surface area contributed by atoms with Gasteiger partial charge in [-0.25, -0.2) is 8.42 Å². The van der Waals surface area contributed by atoms with Crippen LogP contribution >= 0.6 is 0 Å². The Kier molecular flexibility index (Phi) is 6.30. The quantitative estimate of drug-likeness (QED) is 0.321. The van der Waals surface area contributed by atoms with E-state index in [0.29, 0.717) is 0 Å². The summed E-state index contributed by atoms with van der Waals surface area (Å²) >= 11 is -0.186. The Morgan fingerprint density at radius 1 is 0.852 bits per heavy atom. The first-order valence-corrected chi connectivity index (χ1v) is 11.7. The molecule has 4 nitrogen and oxygen atoms in total. The van der Waals surface area contributed by atoms with Crippen molar-refractivity contribution in [3.63, 3.8) is 0 Å². The predicted octanol–water partition coefficient (Wildman–Crippen LogP) is 1.46. The normalized spacial score (nSPS) is 11.0. The van der Waals surface area contributed by atoms with E-state index in [-0.39, 0.29) is 26.1 Å². The standard InChI is InChI=1S/C14H10IO.C7H8O3S/c1-2-7-12(8-3-1)15-14-10-11-6-4-5-9-13(11)16-14;1-6-2-4-7(5-3-6)11(8,9)10/h1-10H;2-5H,1H3,(H,8,9,10)/q+1;/p-1. The van der Waals surface area contributed by atoms with Gasteiger partial charge in [-0.15, -0.1) is 0 Å². The second kappa shape index (κ2) is 8.69. The molecule has 0 spiro atoms. The highest BCUT2D eigenvalue weighted by molar-refractivity contribution is 7.85. The summed E-state index contributed by atoms with van der Waals surface area (Å²) in [4.78, 5) is -0.178. The fraction of sp³-hybridized carbons (Fsp3) is 0.0476. The first-order chi connectivity index (χ1) is 12.9. The predicted molar refractivity (Wildman–Crippen MR) is 99.2 cm³/mol. The van der Waals surface area contributed by atoms with Crippen LogP contribution in [0.3, 0.4) is 0 Å². The molecular formula is C21H17IO4S. The molecule has 0 atom stereocenters. The van der Waals surface area contributed by atoms with Crippen molar-refractivity contribution < 1.29 is 38.6 Å². The number of hydrogen-bond donors (Lipinski definition) is 0. The monoisotopic (exact) mass is 492 g/mol. The van der Waals surface area contributed by atoms with Crippen molar-refractivity contribution in [3.8, 4) is 0 Å². The van der Waals surface area contributed by atoms with Gasteiger partial charge in [0.15, 0.2) is 3.57 Å². The van der Waals surface area contributed by atoms with E-state index < -0.39 is 10.1 Å². The van der Waals surface area contributed by atoms with Crippen LogP contribution in [0.25, 0.3) is 11.0 Å². The van der Waals surface area contributed by atoms with Gasteiger partial charge in [0.2, 0.25) is 0 Å². The smallest absolute Gasteiger partial charge is 0.400 e. The average Bonchev–Trinajstić information content (AvgIpc) is 3.05. The molecule has 0 aliphatic heterocycles. The Bertz CT molecular complexity index is 1080. The molecule has 138 valence electrons. The van der Waals surface area contributed by atoms with E-state index in [9.17, 15) is 13.0 Å².